The maximum atomic E-state index is 13.3. The number of methoxy groups -OCH3 is 1. The van der Waals surface area contributed by atoms with Crippen molar-refractivity contribution in [3.8, 4) is 17.1 Å². The summed E-state index contributed by atoms with van der Waals surface area (Å²) in [5.74, 6) is 0.487. The van der Waals surface area contributed by atoms with E-state index in [1.54, 1.807) is 30.1 Å². The largest absolute Gasteiger partial charge is 0.481 e. The Kier molecular flexibility index (Phi) is 8.25. The van der Waals surface area contributed by atoms with E-state index in [4.69, 9.17) is 9.47 Å². The zero-order valence-electron chi connectivity index (χ0n) is 20.2. The van der Waals surface area contributed by atoms with Crippen LogP contribution in [-0.2, 0) is 16.1 Å². The molecule has 4 rings (SSSR count). The molecule has 0 radical (unpaired) electrons. The molecule has 0 spiro atoms. The first-order chi connectivity index (χ1) is 17.1. The van der Waals surface area contributed by atoms with Crippen molar-refractivity contribution in [1.29, 1.82) is 0 Å². The van der Waals surface area contributed by atoms with Gasteiger partial charge in [-0.2, -0.15) is 0 Å². The fourth-order valence-electron chi connectivity index (χ4n) is 4.21. The summed E-state index contributed by atoms with van der Waals surface area (Å²) in [4.78, 5) is 38.9. The quantitative estimate of drug-likeness (QED) is 0.402. The number of hydrogen-bond donors (Lipinski definition) is 2. The minimum Gasteiger partial charge on any atom is -0.481 e. The summed E-state index contributed by atoms with van der Waals surface area (Å²) in [5, 5.41) is 5.95. The molecule has 0 unspecified atom stereocenters. The van der Waals surface area contributed by atoms with E-state index in [0.717, 1.165) is 37.7 Å². The van der Waals surface area contributed by atoms with Crippen molar-refractivity contribution in [3.63, 3.8) is 0 Å². The predicted molar refractivity (Wildman–Crippen MR) is 134 cm³/mol. The predicted octanol–water partition coefficient (Wildman–Crippen LogP) is 2.76. The van der Waals surface area contributed by atoms with Crippen molar-refractivity contribution >= 4 is 22.8 Å². The van der Waals surface area contributed by atoms with Crippen LogP contribution < -0.4 is 20.9 Å². The van der Waals surface area contributed by atoms with Crippen LogP contribution in [0.15, 0.2) is 35.4 Å². The maximum Gasteiger partial charge on any atom is 0.293 e. The van der Waals surface area contributed by atoms with E-state index in [-0.39, 0.29) is 29.9 Å². The van der Waals surface area contributed by atoms with Crippen LogP contribution in [0.4, 0.5) is 5.82 Å². The zero-order valence-corrected chi connectivity index (χ0v) is 20.2. The Hall–Kier alpha value is -3.53. The van der Waals surface area contributed by atoms with Crippen LogP contribution >= 0.6 is 0 Å². The Morgan fingerprint density at radius 1 is 1.17 bits per heavy atom. The van der Waals surface area contributed by atoms with E-state index in [2.05, 4.69) is 25.6 Å². The molecule has 0 bridgehead atoms. The third-order valence-electron chi connectivity index (χ3n) is 6.02. The van der Waals surface area contributed by atoms with Gasteiger partial charge in [-0.3, -0.25) is 14.6 Å². The van der Waals surface area contributed by atoms with Crippen molar-refractivity contribution in [2.24, 2.45) is 0 Å². The highest BCUT2D eigenvalue weighted by atomic mass is 16.5. The van der Waals surface area contributed by atoms with Gasteiger partial charge in [0.2, 0.25) is 11.8 Å². The van der Waals surface area contributed by atoms with Gasteiger partial charge in [0, 0.05) is 37.0 Å². The second-order valence-electron chi connectivity index (χ2n) is 8.58. The number of aromatic nitrogens is 4. The van der Waals surface area contributed by atoms with E-state index >= 15 is 0 Å². The molecule has 1 amide bonds. The highest BCUT2D eigenvalue weighted by Gasteiger charge is 2.18. The molecule has 35 heavy (non-hydrogen) atoms. The van der Waals surface area contributed by atoms with Gasteiger partial charge < -0.3 is 24.7 Å². The van der Waals surface area contributed by atoms with Crippen LogP contribution in [0.3, 0.4) is 0 Å². The van der Waals surface area contributed by atoms with E-state index in [0.29, 0.717) is 42.4 Å². The van der Waals surface area contributed by atoms with Crippen molar-refractivity contribution in [2.45, 2.75) is 51.6 Å². The molecule has 10 nitrogen and oxygen atoms in total. The minimum absolute atomic E-state index is 0.0143. The first-order valence-electron chi connectivity index (χ1n) is 12.1. The standard InChI is InChI=1S/C25H32N6O4/c1-3-11-35-12-10-31-21-13-19(17-8-9-23(34-2)27-14-17)26-15-20(21)30-24(25(31)33)28-16-22(32)29-18-6-4-5-7-18/h8-9,13-15,18H,3-7,10-12,16H2,1-2H3,(H,28,30)(H,29,32). The Morgan fingerprint density at radius 3 is 2.71 bits per heavy atom. The number of ether oxygens (including phenoxy) is 2. The van der Waals surface area contributed by atoms with Crippen LogP contribution in [0, 0.1) is 0 Å². The third kappa shape index (κ3) is 6.13. The molecule has 0 aliphatic heterocycles. The summed E-state index contributed by atoms with van der Waals surface area (Å²) in [6, 6.07) is 5.66. The van der Waals surface area contributed by atoms with Gasteiger partial charge in [-0.05, 0) is 31.4 Å². The van der Waals surface area contributed by atoms with E-state index in [1.165, 1.54) is 0 Å². The second-order valence-corrected chi connectivity index (χ2v) is 8.58. The molecular weight excluding hydrogens is 448 g/mol. The molecule has 0 saturated heterocycles. The average molecular weight is 481 g/mol. The monoisotopic (exact) mass is 480 g/mol. The van der Waals surface area contributed by atoms with Gasteiger partial charge in [-0.25, -0.2) is 9.97 Å². The zero-order chi connectivity index (χ0) is 24.6. The maximum absolute atomic E-state index is 13.3. The molecule has 0 aromatic carbocycles. The Bertz CT molecular complexity index is 1210. The van der Waals surface area contributed by atoms with Crippen molar-refractivity contribution < 1.29 is 14.3 Å². The van der Waals surface area contributed by atoms with Gasteiger partial charge in [0.25, 0.3) is 5.56 Å². The van der Waals surface area contributed by atoms with Crippen molar-refractivity contribution in [1.82, 2.24) is 24.8 Å². The number of carbonyl (C=O) groups is 1. The number of rotatable bonds is 11. The molecule has 1 aliphatic rings. The lowest BCUT2D eigenvalue weighted by Crippen LogP contribution is -2.38. The minimum atomic E-state index is -0.309. The topological polar surface area (TPSA) is 120 Å². The van der Waals surface area contributed by atoms with Crippen LogP contribution in [-0.4, -0.2) is 58.3 Å². The van der Waals surface area contributed by atoms with Crippen LogP contribution in [0.5, 0.6) is 5.88 Å². The van der Waals surface area contributed by atoms with Gasteiger partial charge in [0.1, 0.15) is 5.52 Å². The highest BCUT2D eigenvalue weighted by Crippen LogP contribution is 2.22. The summed E-state index contributed by atoms with van der Waals surface area (Å²) in [7, 11) is 1.56. The molecule has 10 heteroatoms. The van der Waals surface area contributed by atoms with Crippen molar-refractivity contribution in [3.05, 3.63) is 40.9 Å². The number of amides is 1. The average Bonchev–Trinajstić information content (AvgIpc) is 3.39. The van der Waals surface area contributed by atoms with Crippen LogP contribution in [0.1, 0.15) is 39.0 Å². The third-order valence-corrected chi connectivity index (χ3v) is 6.02. The Labute approximate surface area is 204 Å². The smallest absolute Gasteiger partial charge is 0.293 e. The number of hydrogen-bond acceptors (Lipinski definition) is 8. The van der Waals surface area contributed by atoms with Gasteiger partial charge in [0.15, 0.2) is 5.82 Å². The lowest BCUT2D eigenvalue weighted by atomic mass is 10.2. The number of carbonyl (C=O) groups excluding carboxylic acids is 1. The van der Waals surface area contributed by atoms with Crippen LogP contribution in [0.2, 0.25) is 0 Å². The van der Waals surface area contributed by atoms with E-state index in [1.807, 2.05) is 19.1 Å². The summed E-state index contributed by atoms with van der Waals surface area (Å²) in [6.07, 6.45) is 8.47. The highest BCUT2D eigenvalue weighted by molar-refractivity contribution is 5.82. The fraction of sp³-hybridized carbons (Fsp3) is 0.480. The number of pyridine rings is 2. The molecule has 1 saturated carbocycles. The first-order valence-corrected chi connectivity index (χ1v) is 12.1. The molecule has 3 aromatic rings. The van der Waals surface area contributed by atoms with Gasteiger partial charge in [-0.15, -0.1) is 0 Å². The summed E-state index contributed by atoms with van der Waals surface area (Å²) < 4.78 is 12.4. The normalized spacial score (nSPS) is 13.8. The number of anilines is 1. The molecule has 0 atom stereocenters. The lowest BCUT2D eigenvalue weighted by molar-refractivity contribution is -0.120. The molecule has 1 aliphatic carbocycles. The second kappa shape index (κ2) is 11.7. The Balaban J connectivity index is 1.61. The van der Waals surface area contributed by atoms with Gasteiger partial charge in [0.05, 0.1) is 37.7 Å². The summed E-state index contributed by atoms with van der Waals surface area (Å²) >= 11 is 0. The van der Waals surface area contributed by atoms with Crippen molar-refractivity contribution in [2.75, 3.05) is 32.2 Å². The number of nitrogens with zero attached hydrogens (tertiary/aromatic N) is 4. The van der Waals surface area contributed by atoms with E-state index < -0.39 is 0 Å². The van der Waals surface area contributed by atoms with Gasteiger partial charge >= 0.3 is 0 Å². The Morgan fingerprint density at radius 2 is 2.00 bits per heavy atom. The molecule has 186 valence electrons. The molecule has 3 heterocycles. The fourth-order valence-corrected chi connectivity index (χ4v) is 4.21. The summed E-state index contributed by atoms with van der Waals surface area (Å²) in [5.41, 5.74) is 2.32. The number of fused-ring (bicyclic) bond motifs is 1. The first kappa shape index (κ1) is 24.6. The van der Waals surface area contributed by atoms with Crippen LogP contribution in [0.25, 0.3) is 22.3 Å². The summed E-state index contributed by atoms with van der Waals surface area (Å²) in [6.45, 7) is 3.38. The van der Waals surface area contributed by atoms with Gasteiger partial charge in [-0.1, -0.05) is 19.8 Å². The van der Waals surface area contributed by atoms with E-state index in [9.17, 15) is 9.59 Å². The molecular formula is C25H32N6O4. The molecule has 3 aromatic heterocycles. The number of nitrogens with one attached hydrogen (secondary N) is 2. The lowest BCUT2D eigenvalue weighted by Gasteiger charge is -2.15. The SMILES string of the molecule is CCCOCCn1c(=O)c(NCC(=O)NC2CCCC2)nc2cnc(-c3ccc(OC)nc3)cc21. The molecule has 1 fully saturated rings. The molecule has 2 N–H and O–H groups in total.